The van der Waals surface area contributed by atoms with Gasteiger partial charge in [0, 0.05) is 12.6 Å². The average Bonchev–Trinajstić information content (AvgIpc) is 2.39. The molecule has 17 heavy (non-hydrogen) atoms. The highest BCUT2D eigenvalue weighted by molar-refractivity contribution is 5.73. The van der Waals surface area contributed by atoms with Gasteiger partial charge >= 0.3 is 5.97 Å². The van der Waals surface area contributed by atoms with Crippen LogP contribution in [0.2, 0.25) is 0 Å². The van der Waals surface area contributed by atoms with Gasteiger partial charge in [-0.3, -0.25) is 9.69 Å². The molecule has 98 valence electrons. The van der Waals surface area contributed by atoms with Crippen molar-refractivity contribution in [2.45, 2.75) is 51.1 Å². The molecule has 2 aliphatic rings. The summed E-state index contributed by atoms with van der Waals surface area (Å²) in [5.41, 5.74) is 0. The van der Waals surface area contributed by atoms with Crippen LogP contribution in [0.1, 0.15) is 39.0 Å². The number of carbonyl (C=O) groups is 1. The summed E-state index contributed by atoms with van der Waals surface area (Å²) in [6, 6.07) is 0.0306. The topological polar surface area (TPSA) is 49.8 Å². The molecule has 1 heterocycles. The Morgan fingerprint density at radius 2 is 2.29 bits per heavy atom. The molecule has 4 heteroatoms. The van der Waals surface area contributed by atoms with Gasteiger partial charge in [-0.05, 0) is 18.8 Å². The van der Waals surface area contributed by atoms with Gasteiger partial charge in [0.1, 0.15) is 6.04 Å². The van der Waals surface area contributed by atoms with Crippen molar-refractivity contribution in [1.29, 1.82) is 0 Å². The van der Waals surface area contributed by atoms with Crippen molar-refractivity contribution in [3.05, 3.63) is 0 Å². The van der Waals surface area contributed by atoms with Crippen LogP contribution in [0.15, 0.2) is 0 Å². The predicted molar refractivity (Wildman–Crippen MR) is 65.0 cm³/mol. The molecular weight excluding hydrogens is 218 g/mol. The van der Waals surface area contributed by atoms with E-state index in [0.29, 0.717) is 19.3 Å². The van der Waals surface area contributed by atoms with Gasteiger partial charge in [-0.25, -0.2) is 0 Å². The number of ether oxygens (including phenoxy) is 1. The Morgan fingerprint density at radius 3 is 3.00 bits per heavy atom. The summed E-state index contributed by atoms with van der Waals surface area (Å²) < 4.78 is 5.30. The van der Waals surface area contributed by atoms with E-state index in [2.05, 4.69) is 11.8 Å². The van der Waals surface area contributed by atoms with E-state index in [1.165, 1.54) is 25.7 Å². The first-order valence-electron chi connectivity index (χ1n) is 6.78. The maximum absolute atomic E-state index is 11.2. The number of carboxylic acid groups (broad SMARTS) is 1. The number of rotatable bonds is 3. The number of hydrogen-bond donors (Lipinski definition) is 1. The molecule has 1 N–H and O–H groups in total. The SMILES string of the molecule is CCC1CCCC(N2CCOCC2C(=O)O)C1. The highest BCUT2D eigenvalue weighted by Gasteiger charge is 2.36. The van der Waals surface area contributed by atoms with Gasteiger partial charge in [-0.15, -0.1) is 0 Å². The summed E-state index contributed by atoms with van der Waals surface area (Å²) in [5, 5.41) is 9.24. The van der Waals surface area contributed by atoms with Crippen molar-refractivity contribution in [2.75, 3.05) is 19.8 Å². The summed E-state index contributed by atoms with van der Waals surface area (Å²) in [6.07, 6.45) is 6.10. The van der Waals surface area contributed by atoms with E-state index in [1.807, 2.05) is 0 Å². The van der Waals surface area contributed by atoms with Crippen LogP contribution < -0.4 is 0 Å². The van der Waals surface area contributed by atoms with Gasteiger partial charge in [0.05, 0.1) is 13.2 Å². The largest absolute Gasteiger partial charge is 0.480 e. The number of aliphatic carboxylic acids is 1. The Bertz CT molecular complexity index is 269. The van der Waals surface area contributed by atoms with Crippen LogP contribution in [0.5, 0.6) is 0 Å². The minimum atomic E-state index is -0.733. The van der Waals surface area contributed by atoms with Crippen LogP contribution in [0.4, 0.5) is 0 Å². The fourth-order valence-electron chi connectivity index (χ4n) is 3.20. The van der Waals surface area contributed by atoms with Crippen LogP contribution in [-0.2, 0) is 9.53 Å². The summed E-state index contributed by atoms with van der Waals surface area (Å²) in [7, 11) is 0. The third kappa shape index (κ3) is 2.99. The maximum atomic E-state index is 11.2. The molecule has 0 radical (unpaired) electrons. The lowest BCUT2D eigenvalue weighted by Gasteiger charge is -2.42. The standard InChI is InChI=1S/C13H23NO3/c1-2-10-4-3-5-11(8-10)14-6-7-17-9-12(14)13(15)16/h10-12H,2-9H2,1H3,(H,15,16). The van der Waals surface area contributed by atoms with Crippen LogP contribution in [0.3, 0.4) is 0 Å². The van der Waals surface area contributed by atoms with Gasteiger partial charge in [-0.1, -0.05) is 26.2 Å². The fraction of sp³-hybridized carbons (Fsp3) is 0.923. The van der Waals surface area contributed by atoms with Gasteiger partial charge in [0.25, 0.3) is 0 Å². The lowest BCUT2D eigenvalue weighted by Crippen LogP contribution is -2.55. The summed E-state index contributed by atoms with van der Waals surface area (Å²) in [6.45, 7) is 4.04. The van der Waals surface area contributed by atoms with E-state index in [0.717, 1.165) is 18.9 Å². The molecule has 4 nitrogen and oxygen atoms in total. The zero-order chi connectivity index (χ0) is 12.3. The number of carboxylic acids is 1. The molecule has 3 unspecified atom stereocenters. The minimum Gasteiger partial charge on any atom is -0.480 e. The second-order valence-corrected chi connectivity index (χ2v) is 5.26. The van der Waals surface area contributed by atoms with Gasteiger partial charge < -0.3 is 9.84 Å². The minimum absolute atomic E-state index is 0.350. The third-order valence-corrected chi connectivity index (χ3v) is 4.26. The smallest absolute Gasteiger partial charge is 0.323 e. The van der Waals surface area contributed by atoms with Crippen molar-refractivity contribution in [2.24, 2.45) is 5.92 Å². The van der Waals surface area contributed by atoms with Crippen LogP contribution >= 0.6 is 0 Å². The Morgan fingerprint density at radius 1 is 1.47 bits per heavy atom. The zero-order valence-corrected chi connectivity index (χ0v) is 10.6. The third-order valence-electron chi connectivity index (χ3n) is 4.26. The lowest BCUT2D eigenvalue weighted by molar-refractivity contribution is -0.152. The average molecular weight is 241 g/mol. The van der Waals surface area contributed by atoms with E-state index in [-0.39, 0.29) is 0 Å². The monoisotopic (exact) mass is 241 g/mol. The second-order valence-electron chi connectivity index (χ2n) is 5.26. The Labute approximate surface area is 103 Å². The van der Waals surface area contributed by atoms with E-state index < -0.39 is 12.0 Å². The van der Waals surface area contributed by atoms with E-state index in [4.69, 9.17) is 4.74 Å². The van der Waals surface area contributed by atoms with Crippen molar-refractivity contribution in [3.8, 4) is 0 Å². The molecule has 2 fully saturated rings. The summed E-state index contributed by atoms with van der Waals surface area (Å²) in [4.78, 5) is 13.4. The quantitative estimate of drug-likeness (QED) is 0.817. The summed E-state index contributed by atoms with van der Waals surface area (Å²) >= 11 is 0. The Balaban J connectivity index is 2.00. The zero-order valence-electron chi connectivity index (χ0n) is 10.6. The first-order valence-corrected chi connectivity index (χ1v) is 6.78. The molecule has 2 rings (SSSR count). The second kappa shape index (κ2) is 5.83. The fourth-order valence-corrected chi connectivity index (χ4v) is 3.20. The maximum Gasteiger partial charge on any atom is 0.323 e. The van der Waals surface area contributed by atoms with Crippen molar-refractivity contribution in [1.82, 2.24) is 4.90 Å². The van der Waals surface area contributed by atoms with Gasteiger partial charge in [0.15, 0.2) is 0 Å². The lowest BCUT2D eigenvalue weighted by atomic mass is 9.83. The van der Waals surface area contributed by atoms with Crippen molar-refractivity contribution in [3.63, 3.8) is 0 Å². The molecule has 3 atom stereocenters. The first kappa shape index (κ1) is 12.8. The number of nitrogens with zero attached hydrogens (tertiary/aromatic N) is 1. The molecule has 1 saturated heterocycles. The van der Waals surface area contributed by atoms with Crippen LogP contribution in [0.25, 0.3) is 0 Å². The molecule has 0 aromatic heterocycles. The molecule has 1 saturated carbocycles. The van der Waals surface area contributed by atoms with Crippen LogP contribution in [0, 0.1) is 5.92 Å². The molecule has 0 aromatic carbocycles. The first-order chi connectivity index (χ1) is 8.22. The molecular formula is C13H23NO3. The molecule has 0 amide bonds. The molecule has 0 bridgehead atoms. The van der Waals surface area contributed by atoms with E-state index >= 15 is 0 Å². The van der Waals surface area contributed by atoms with Crippen LogP contribution in [-0.4, -0.2) is 47.8 Å². The van der Waals surface area contributed by atoms with Crippen molar-refractivity contribution < 1.29 is 14.6 Å². The Hall–Kier alpha value is -0.610. The van der Waals surface area contributed by atoms with Gasteiger partial charge in [-0.2, -0.15) is 0 Å². The highest BCUT2D eigenvalue weighted by Crippen LogP contribution is 2.31. The van der Waals surface area contributed by atoms with E-state index in [1.54, 1.807) is 0 Å². The van der Waals surface area contributed by atoms with Gasteiger partial charge in [0.2, 0.25) is 0 Å². The molecule has 1 aliphatic heterocycles. The van der Waals surface area contributed by atoms with E-state index in [9.17, 15) is 9.90 Å². The molecule has 1 aliphatic carbocycles. The predicted octanol–water partition coefficient (Wildman–Crippen LogP) is 1.74. The highest BCUT2D eigenvalue weighted by atomic mass is 16.5. The normalized spacial score (nSPS) is 35.7. The number of hydrogen-bond acceptors (Lipinski definition) is 3. The van der Waals surface area contributed by atoms with Crippen molar-refractivity contribution >= 4 is 5.97 Å². The molecule has 0 aromatic rings. The molecule has 0 spiro atoms. The summed E-state index contributed by atoms with van der Waals surface area (Å²) in [5.74, 6) is 0.0503. The Kier molecular flexibility index (Phi) is 4.40. The number of morpholine rings is 1.